The molecule has 0 saturated carbocycles. The van der Waals surface area contributed by atoms with Crippen molar-refractivity contribution in [2.75, 3.05) is 13.1 Å². The van der Waals surface area contributed by atoms with Crippen LogP contribution in [0, 0.1) is 5.92 Å². The summed E-state index contributed by atoms with van der Waals surface area (Å²) in [6.45, 7) is 4.89. The summed E-state index contributed by atoms with van der Waals surface area (Å²) in [5, 5.41) is 8.43. The molecule has 1 atom stereocenters. The van der Waals surface area contributed by atoms with Gasteiger partial charge < -0.3 is 10.0 Å². The predicted octanol–water partition coefficient (Wildman–Crippen LogP) is 0.886. The SMILES string of the molecule is C=CC1CC(=O)N(CCCC(=O)O)C1. The first-order chi connectivity index (χ1) is 6.63. The Morgan fingerprint density at radius 3 is 2.93 bits per heavy atom. The molecule has 0 aromatic heterocycles. The molecule has 1 aliphatic rings. The number of likely N-dealkylation sites (tertiary alicyclic amines) is 1. The number of carboxylic acids is 1. The van der Waals surface area contributed by atoms with Crippen LogP contribution >= 0.6 is 0 Å². The van der Waals surface area contributed by atoms with Gasteiger partial charge in [0.15, 0.2) is 0 Å². The van der Waals surface area contributed by atoms with Gasteiger partial charge >= 0.3 is 5.97 Å². The third kappa shape index (κ3) is 2.87. The molecule has 4 heteroatoms. The van der Waals surface area contributed by atoms with Gasteiger partial charge in [-0.1, -0.05) is 6.08 Å². The van der Waals surface area contributed by atoms with E-state index in [-0.39, 0.29) is 18.2 Å². The van der Waals surface area contributed by atoms with E-state index in [4.69, 9.17) is 5.11 Å². The van der Waals surface area contributed by atoms with Crippen molar-refractivity contribution in [3.05, 3.63) is 12.7 Å². The molecule has 1 fully saturated rings. The van der Waals surface area contributed by atoms with Crippen LogP contribution in [0.3, 0.4) is 0 Å². The molecule has 4 nitrogen and oxygen atoms in total. The summed E-state index contributed by atoms with van der Waals surface area (Å²) in [5.74, 6) is -0.454. The van der Waals surface area contributed by atoms with Gasteiger partial charge in [0.25, 0.3) is 0 Å². The van der Waals surface area contributed by atoms with Gasteiger partial charge in [0, 0.05) is 31.8 Å². The lowest BCUT2D eigenvalue weighted by Crippen LogP contribution is -2.26. The molecule has 0 bridgehead atoms. The summed E-state index contributed by atoms with van der Waals surface area (Å²) in [7, 11) is 0. The molecule has 0 aromatic rings. The fourth-order valence-corrected chi connectivity index (χ4v) is 1.60. The van der Waals surface area contributed by atoms with Crippen LogP contribution in [0.1, 0.15) is 19.3 Å². The summed E-state index contributed by atoms with van der Waals surface area (Å²) in [4.78, 5) is 23.3. The van der Waals surface area contributed by atoms with E-state index in [1.165, 1.54) is 0 Å². The van der Waals surface area contributed by atoms with Gasteiger partial charge in [-0.25, -0.2) is 0 Å². The third-order valence-electron chi connectivity index (χ3n) is 2.40. The summed E-state index contributed by atoms with van der Waals surface area (Å²) in [5.41, 5.74) is 0. The Morgan fingerprint density at radius 1 is 1.71 bits per heavy atom. The lowest BCUT2D eigenvalue weighted by molar-refractivity contribution is -0.137. The van der Waals surface area contributed by atoms with Gasteiger partial charge in [0.2, 0.25) is 5.91 Å². The van der Waals surface area contributed by atoms with Crippen molar-refractivity contribution < 1.29 is 14.7 Å². The monoisotopic (exact) mass is 197 g/mol. The van der Waals surface area contributed by atoms with Gasteiger partial charge in [-0.2, -0.15) is 0 Å². The molecule has 0 radical (unpaired) electrons. The molecular weight excluding hydrogens is 182 g/mol. The van der Waals surface area contributed by atoms with Crippen LogP contribution in [-0.2, 0) is 9.59 Å². The smallest absolute Gasteiger partial charge is 0.303 e. The Morgan fingerprint density at radius 2 is 2.43 bits per heavy atom. The minimum Gasteiger partial charge on any atom is -0.481 e. The summed E-state index contributed by atoms with van der Waals surface area (Å²) >= 11 is 0. The fourth-order valence-electron chi connectivity index (χ4n) is 1.60. The Kier molecular flexibility index (Phi) is 3.68. The van der Waals surface area contributed by atoms with Crippen LogP contribution in [0.5, 0.6) is 0 Å². The highest BCUT2D eigenvalue weighted by Gasteiger charge is 2.26. The first-order valence-corrected chi connectivity index (χ1v) is 4.75. The molecule has 1 amide bonds. The largest absolute Gasteiger partial charge is 0.481 e. The standard InChI is InChI=1S/C10H15NO3/c1-2-8-6-9(12)11(7-8)5-3-4-10(13)14/h2,8H,1,3-7H2,(H,13,14). The van der Waals surface area contributed by atoms with Crippen LogP contribution in [-0.4, -0.2) is 35.0 Å². The Bertz CT molecular complexity index is 250. The zero-order valence-electron chi connectivity index (χ0n) is 8.11. The third-order valence-corrected chi connectivity index (χ3v) is 2.40. The second kappa shape index (κ2) is 4.79. The van der Waals surface area contributed by atoms with E-state index in [9.17, 15) is 9.59 Å². The van der Waals surface area contributed by atoms with Crippen molar-refractivity contribution in [1.82, 2.24) is 4.90 Å². The molecule has 1 unspecified atom stereocenters. The highest BCUT2D eigenvalue weighted by atomic mass is 16.4. The summed E-state index contributed by atoms with van der Waals surface area (Å²) in [6.07, 6.45) is 2.97. The second-order valence-corrected chi connectivity index (χ2v) is 3.54. The Labute approximate surface area is 83.2 Å². The number of hydrogen-bond acceptors (Lipinski definition) is 2. The molecule has 78 valence electrons. The number of carbonyl (C=O) groups is 2. The van der Waals surface area contributed by atoms with Gasteiger partial charge in [-0.05, 0) is 6.42 Å². The molecule has 1 rings (SSSR count). The Balaban J connectivity index is 2.28. The molecule has 1 heterocycles. The topological polar surface area (TPSA) is 57.6 Å². The second-order valence-electron chi connectivity index (χ2n) is 3.54. The summed E-state index contributed by atoms with van der Waals surface area (Å²) < 4.78 is 0. The highest BCUT2D eigenvalue weighted by Crippen LogP contribution is 2.18. The van der Waals surface area contributed by atoms with E-state index in [1.807, 2.05) is 0 Å². The van der Waals surface area contributed by atoms with Gasteiger partial charge in [0.05, 0.1) is 0 Å². The van der Waals surface area contributed by atoms with Crippen LogP contribution < -0.4 is 0 Å². The zero-order valence-corrected chi connectivity index (χ0v) is 8.11. The van der Waals surface area contributed by atoms with Crippen molar-refractivity contribution in [1.29, 1.82) is 0 Å². The number of amides is 1. The first kappa shape index (κ1) is 10.8. The number of nitrogens with zero attached hydrogens (tertiary/aromatic N) is 1. The van der Waals surface area contributed by atoms with Crippen LogP contribution in [0.4, 0.5) is 0 Å². The minimum absolute atomic E-state index is 0.111. The molecule has 0 aromatic carbocycles. The predicted molar refractivity (Wildman–Crippen MR) is 51.8 cm³/mol. The quantitative estimate of drug-likeness (QED) is 0.666. The lowest BCUT2D eigenvalue weighted by Gasteiger charge is -2.14. The number of carboxylic acid groups (broad SMARTS) is 1. The van der Waals surface area contributed by atoms with Crippen molar-refractivity contribution >= 4 is 11.9 Å². The zero-order chi connectivity index (χ0) is 10.6. The van der Waals surface area contributed by atoms with E-state index < -0.39 is 5.97 Å². The van der Waals surface area contributed by atoms with Crippen molar-refractivity contribution in [2.45, 2.75) is 19.3 Å². The minimum atomic E-state index is -0.808. The van der Waals surface area contributed by atoms with E-state index in [1.54, 1.807) is 11.0 Å². The van der Waals surface area contributed by atoms with Crippen LogP contribution in [0.2, 0.25) is 0 Å². The number of rotatable bonds is 5. The molecule has 1 N–H and O–H groups in total. The maximum Gasteiger partial charge on any atom is 0.303 e. The molecule has 0 spiro atoms. The van der Waals surface area contributed by atoms with Gasteiger partial charge in [-0.15, -0.1) is 6.58 Å². The van der Waals surface area contributed by atoms with Crippen molar-refractivity contribution in [3.63, 3.8) is 0 Å². The van der Waals surface area contributed by atoms with Crippen LogP contribution in [0.15, 0.2) is 12.7 Å². The molecule has 0 aliphatic carbocycles. The molecule has 1 saturated heterocycles. The number of hydrogen-bond donors (Lipinski definition) is 1. The molecule has 1 aliphatic heterocycles. The maximum atomic E-state index is 11.4. The average Bonchev–Trinajstić information content (AvgIpc) is 2.47. The average molecular weight is 197 g/mol. The molecule has 14 heavy (non-hydrogen) atoms. The molecular formula is C10H15NO3. The maximum absolute atomic E-state index is 11.4. The van der Waals surface area contributed by atoms with E-state index in [0.717, 1.165) is 0 Å². The lowest BCUT2D eigenvalue weighted by atomic mass is 10.1. The van der Waals surface area contributed by atoms with Gasteiger partial charge in [0.1, 0.15) is 0 Å². The van der Waals surface area contributed by atoms with E-state index in [2.05, 4.69) is 6.58 Å². The van der Waals surface area contributed by atoms with E-state index in [0.29, 0.717) is 25.9 Å². The number of carbonyl (C=O) groups excluding carboxylic acids is 1. The van der Waals surface area contributed by atoms with Crippen LogP contribution in [0.25, 0.3) is 0 Å². The number of aliphatic carboxylic acids is 1. The highest BCUT2D eigenvalue weighted by molar-refractivity contribution is 5.79. The van der Waals surface area contributed by atoms with Crippen molar-refractivity contribution in [3.8, 4) is 0 Å². The fraction of sp³-hybridized carbons (Fsp3) is 0.600. The normalized spacial score (nSPS) is 21.3. The first-order valence-electron chi connectivity index (χ1n) is 4.75. The Hall–Kier alpha value is -1.32. The van der Waals surface area contributed by atoms with Gasteiger partial charge in [-0.3, -0.25) is 9.59 Å². The van der Waals surface area contributed by atoms with E-state index >= 15 is 0 Å². The van der Waals surface area contributed by atoms with Crippen molar-refractivity contribution in [2.24, 2.45) is 5.92 Å². The summed E-state index contributed by atoms with van der Waals surface area (Å²) in [6, 6.07) is 0.